The van der Waals surface area contributed by atoms with Crippen molar-refractivity contribution in [2.24, 2.45) is 87.2 Å². The molecule has 0 saturated carbocycles. The van der Waals surface area contributed by atoms with Crippen LogP contribution in [0, 0.1) is 82.7 Å². The Labute approximate surface area is 590 Å². The molecule has 1 aromatic rings. The molecule has 2 atom stereocenters. The maximum Gasteiger partial charge on any atom is 0.410 e. The fraction of sp³-hybridized carbons (Fsp3) is 0.872. The van der Waals surface area contributed by atoms with Gasteiger partial charge in [0.2, 0.25) is 0 Å². The van der Waals surface area contributed by atoms with E-state index in [2.05, 4.69) is 208 Å². The Balaban J connectivity index is 0.000000249. The van der Waals surface area contributed by atoms with Crippen LogP contribution in [0.4, 0.5) is 9.18 Å². The summed E-state index contributed by atoms with van der Waals surface area (Å²) in [6, 6.07) is 7.38. The Kier molecular flexibility index (Phi) is 33.0. The van der Waals surface area contributed by atoms with E-state index in [1.165, 1.54) is 6.07 Å². The van der Waals surface area contributed by atoms with Crippen LogP contribution in [-0.4, -0.2) is 220 Å². The van der Waals surface area contributed by atoms with E-state index in [-0.39, 0.29) is 57.4 Å². The molecule has 0 radical (unpaired) electrons. The van der Waals surface area contributed by atoms with Gasteiger partial charge >= 0.3 is 12.1 Å². The van der Waals surface area contributed by atoms with Gasteiger partial charge in [0, 0.05) is 93.1 Å². The van der Waals surface area contributed by atoms with E-state index in [0.29, 0.717) is 90.2 Å². The number of hydrogen-bond acceptors (Lipinski definition) is 17. The molecule has 19 heteroatoms. The highest BCUT2D eigenvalue weighted by molar-refractivity contribution is 5.84. The number of halogens is 1. The molecule has 0 spiro atoms. The first-order valence-electron chi connectivity index (χ1n) is 37.6. The molecular weight excluding hydrogens is 1230 g/mol. The number of methoxy groups -OCH3 is 1. The van der Waals surface area contributed by atoms with Crippen LogP contribution in [0.2, 0.25) is 0 Å². The number of ether oxygens (including phenoxy) is 6. The Morgan fingerprint density at radius 3 is 1.51 bits per heavy atom. The molecule has 0 aliphatic carbocycles. The van der Waals surface area contributed by atoms with E-state index in [1.807, 2.05) is 20.0 Å². The molecule has 6 fully saturated rings. The van der Waals surface area contributed by atoms with Crippen LogP contribution in [0.1, 0.15) is 198 Å². The number of amides is 1. The first kappa shape index (κ1) is 85.6. The summed E-state index contributed by atoms with van der Waals surface area (Å²) in [7, 11) is 7.72. The van der Waals surface area contributed by atoms with Gasteiger partial charge in [0.1, 0.15) is 39.9 Å². The molecule has 1 amide bonds. The molecule has 562 valence electrons. The van der Waals surface area contributed by atoms with Gasteiger partial charge in [0.15, 0.2) is 0 Å². The summed E-state index contributed by atoms with van der Waals surface area (Å²) in [5, 5.41) is 8.68. The number of fused-ring (bicyclic) bond motifs is 1. The molecule has 1 aromatic carbocycles. The molecular formula is C78H143FN8O10. The van der Waals surface area contributed by atoms with E-state index < -0.39 is 0 Å². The highest BCUT2D eigenvalue weighted by Crippen LogP contribution is 2.44. The van der Waals surface area contributed by atoms with Gasteiger partial charge in [-0.15, -0.1) is 0 Å². The predicted molar refractivity (Wildman–Crippen MR) is 393 cm³/mol. The first-order chi connectivity index (χ1) is 45.2. The molecule has 2 unspecified atom stereocenters. The largest absolute Gasteiger partial charge is 0.458 e. The number of oxime groups is 2. The van der Waals surface area contributed by atoms with Crippen molar-refractivity contribution in [2.45, 2.75) is 239 Å². The zero-order valence-corrected chi connectivity index (χ0v) is 66.9. The van der Waals surface area contributed by atoms with Crippen molar-refractivity contribution in [3.8, 4) is 0 Å². The average Bonchev–Trinajstić information content (AvgIpc) is 1.17. The fourth-order valence-corrected chi connectivity index (χ4v) is 15.8. The smallest absolute Gasteiger partial charge is 0.410 e. The zero-order valence-electron chi connectivity index (χ0n) is 66.9. The number of cyclic esters (lactones) is 2. The number of carbonyl (C=O) groups is 2. The molecule has 6 saturated heterocycles. The van der Waals surface area contributed by atoms with Crippen LogP contribution in [0.3, 0.4) is 0 Å². The van der Waals surface area contributed by atoms with Crippen molar-refractivity contribution in [2.75, 3.05) is 127 Å². The van der Waals surface area contributed by atoms with E-state index in [0.717, 1.165) is 128 Å². The number of morpholine rings is 3. The third-order valence-electron chi connectivity index (χ3n) is 23.5. The third kappa shape index (κ3) is 21.2. The summed E-state index contributed by atoms with van der Waals surface area (Å²) >= 11 is 0. The van der Waals surface area contributed by atoms with Crippen molar-refractivity contribution in [3.63, 3.8) is 0 Å². The second-order valence-electron chi connectivity index (χ2n) is 33.3. The number of amidine groups is 2. The Morgan fingerprint density at radius 2 is 1.08 bits per heavy atom. The predicted octanol–water partition coefficient (Wildman–Crippen LogP) is 14.6. The lowest BCUT2D eigenvalue weighted by molar-refractivity contribution is -0.200. The van der Waals surface area contributed by atoms with Crippen molar-refractivity contribution < 1.29 is 52.1 Å². The lowest BCUT2D eigenvalue weighted by atomic mass is 9.77. The van der Waals surface area contributed by atoms with Crippen molar-refractivity contribution in [3.05, 3.63) is 35.6 Å². The standard InChI is InChI=1S/C17H26FNO.C14H27N3O.C13H26N2O2.C13H25NO2.C11H20O2.C10H19NO2/c1-13(2)17(14(3)4)12-19(8-9-20-17)11-15-6-5-7-16(18)10-15;1-11(2)14(12(3)4)10-13(15-18-14)17-8-6-16(5)7-9-17;1-10(2)13(11(3)4)9-12(14-17-13)15(5)7-8-16-6;1-10(2)13(11(3)4)9-14-5-6-15-7-12(14)8-16-13;1-7(2)11(8(3)4)6-9(5)10(12)13-11;1-7(2)10(8(3)4)6-11(5)9(12)13-10/h5-7,10,13-14H,8-9,11-12H2,1-4H3;11-12H,6-10H2,1-5H3;10-11H,7-9H2,1-6H3;10-12H,5-9H2,1-4H3;7-9H,6H2,1-5H3;7-8H,6H2,1-5H3. The van der Waals surface area contributed by atoms with Crippen LogP contribution in [0.5, 0.6) is 0 Å². The Morgan fingerprint density at radius 1 is 0.577 bits per heavy atom. The van der Waals surface area contributed by atoms with Gasteiger partial charge < -0.3 is 57.7 Å². The van der Waals surface area contributed by atoms with E-state index in [1.54, 1.807) is 31.2 Å². The monoisotopic (exact) mass is 1370 g/mol. The number of piperazine rings is 1. The Hall–Kier alpha value is -3.85. The summed E-state index contributed by atoms with van der Waals surface area (Å²) in [6.07, 6.45) is 2.54. The third-order valence-corrected chi connectivity index (χ3v) is 23.5. The molecule has 18 nitrogen and oxygen atoms in total. The minimum atomic E-state index is -0.286. The number of nitrogens with zero attached hydrogens (tertiary/aromatic N) is 8. The molecule has 8 aliphatic rings. The average molecular weight is 1370 g/mol. The maximum atomic E-state index is 13.3. The van der Waals surface area contributed by atoms with Crippen LogP contribution in [0.15, 0.2) is 34.6 Å². The number of benzene rings is 1. The lowest BCUT2D eigenvalue weighted by Crippen LogP contribution is -2.64. The Bertz CT molecular complexity index is 2490. The molecule has 97 heavy (non-hydrogen) atoms. The summed E-state index contributed by atoms with van der Waals surface area (Å²) in [4.78, 5) is 47.8. The molecule has 0 aromatic heterocycles. The molecule has 0 bridgehead atoms. The fourth-order valence-electron chi connectivity index (χ4n) is 15.8. The van der Waals surface area contributed by atoms with Gasteiger partial charge in [0.05, 0.1) is 75.6 Å². The van der Waals surface area contributed by atoms with Gasteiger partial charge in [-0.05, 0) is 95.8 Å². The van der Waals surface area contributed by atoms with E-state index >= 15 is 0 Å². The SMILES string of the molecule is CC(C)C1(C(C)C)CC(N2CCN(C)CC2)=NO1.CC(C)C1(C(C)C)CN(C)C(=O)O1.CC(C)C1(C(C)C)CN(Cc2cccc(F)c2)CCO1.CC(C)C1(C(C)C)CN2CCOCC2CO1.CC1CC(C(C)C)(C(C)C)OC1=O.COCCN(C)C1=NOC(C(C)C)(C(C)C)C1. The summed E-state index contributed by atoms with van der Waals surface area (Å²) in [5.74, 6) is 7.59. The maximum absolute atomic E-state index is 13.3. The van der Waals surface area contributed by atoms with E-state index in [9.17, 15) is 14.0 Å². The topological polar surface area (TPSA) is 152 Å². The van der Waals surface area contributed by atoms with Crippen molar-refractivity contribution in [1.82, 2.24) is 29.4 Å². The minimum Gasteiger partial charge on any atom is -0.458 e. The number of esters is 1. The van der Waals surface area contributed by atoms with Gasteiger partial charge in [-0.3, -0.25) is 14.6 Å². The van der Waals surface area contributed by atoms with Crippen LogP contribution in [0.25, 0.3) is 0 Å². The number of carbonyl (C=O) groups excluding carboxylic acids is 2. The van der Waals surface area contributed by atoms with Gasteiger partial charge in [-0.2, -0.15) is 0 Å². The highest BCUT2D eigenvalue weighted by Gasteiger charge is 2.52. The highest BCUT2D eigenvalue weighted by atomic mass is 19.1. The van der Waals surface area contributed by atoms with Gasteiger partial charge in [-0.25, -0.2) is 9.18 Å². The number of likely N-dealkylation sites (N-methyl/N-ethyl adjacent to an activating group) is 3. The van der Waals surface area contributed by atoms with Gasteiger partial charge in [0.25, 0.3) is 0 Å². The van der Waals surface area contributed by atoms with Gasteiger partial charge in [-0.1, -0.05) is 196 Å². The second-order valence-corrected chi connectivity index (χ2v) is 33.3. The molecule has 0 N–H and O–H groups in total. The second kappa shape index (κ2) is 37.4. The summed E-state index contributed by atoms with van der Waals surface area (Å²) in [5.41, 5.74) is 0.241. The molecule has 9 rings (SSSR count). The van der Waals surface area contributed by atoms with E-state index in [4.69, 9.17) is 38.1 Å². The molecule has 8 heterocycles. The summed E-state index contributed by atoms with van der Waals surface area (Å²) in [6.45, 7) is 69.4. The number of hydrogen-bond donors (Lipinski definition) is 0. The number of rotatable bonds is 17. The van der Waals surface area contributed by atoms with Crippen molar-refractivity contribution in [1.29, 1.82) is 0 Å². The molecule has 8 aliphatic heterocycles. The minimum absolute atomic E-state index is 0.0256. The zero-order chi connectivity index (χ0) is 73.3. The summed E-state index contributed by atoms with van der Waals surface area (Å²) < 4.78 is 47.3. The quantitative estimate of drug-likeness (QED) is 0.136. The normalized spacial score (nSPS) is 23.4. The first-order valence-corrected chi connectivity index (χ1v) is 37.6. The van der Waals surface area contributed by atoms with Crippen LogP contribution in [-0.2, 0) is 49.4 Å². The van der Waals surface area contributed by atoms with Crippen molar-refractivity contribution >= 4 is 23.7 Å². The van der Waals surface area contributed by atoms with Crippen LogP contribution < -0.4 is 0 Å². The van der Waals surface area contributed by atoms with Crippen LogP contribution >= 0.6 is 0 Å². The lowest BCUT2D eigenvalue weighted by Gasteiger charge is -2.52.